The maximum atomic E-state index is 4.01. The molecule has 2 aliphatic rings. The molecule has 1 saturated carbocycles. The van der Waals surface area contributed by atoms with Gasteiger partial charge in [0.15, 0.2) is 0 Å². The summed E-state index contributed by atoms with van der Waals surface area (Å²) in [6, 6.07) is 10.2. The van der Waals surface area contributed by atoms with Crippen LogP contribution in [0.25, 0.3) is 0 Å². The number of hydrogen-bond acceptors (Lipinski definition) is 1. The number of benzene rings is 1. The summed E-state index contributed by atoms with van der Waals surface area (Å²) in [7, 11) is 0. The van der Waals surface area contributed by atoms with E-state index in [2.05, 4.69) is 57.3 Å². The molecule has 104 valence electrons. The first-order chi connectivity index (χ1) is 8.90. The molecule has 0 radical (unpaired) electrons. The Labute approximate surface area is 117 Å². The van der Waals surface area contributed by atoms with Crippen molar-refractivity contribution in [1.29, 1.82) is 0 Å². The van der Waals surface area contributed by atoms with Crippen molar-refractivity contribution < 1.29 is 0 Å². The van der Waals surface area contributed by atoms with Crippen LogP contribution in [-0.4, -0.2) is 6.04 Å². The molecule has 19 heavy (non-hydrogen) atoms. The molecule has 0 amide bonds. The van der Waals surface area contributed by atoms with Gasteiger partial charge in [-0.15, -0.1) is 0 Å². The first-order valence-electron chi connectivity index (χ1n) is 7.74. The van der Waals surface area contributed by atoms with E-state index in [1.54, 1.807) is 5.56 Å². The normalized spacial score (nSPS) is 31.4. The Hall–Kier alpha value is -0.820. The van der Waals surface area contributed by atoms with Crippen LogP contribution in [0.3, 0.4) is 0 Å². The maximum absolute atomic E-state index is 4.01. The van der Waals surface area contributed by atoms with Crippen LogP contribution in [0.15, 0.2) is 24.3 Å². The van der Waals surface area contributed by atoms with Gasteiger partial charge in [0.2, 0.25) is 0 Å². The first kappa shape index (κ1) is 13.2. The lowest BCUT2D eigenvalue weighted by molar-refractivity contribution is 0.195. The van der Waals surface area contributed by atoms with E-state index >= 15 is 0 Å². The van der Waals surface area contributed by atoms with Crippen molar-refractivity contribution >= 4 is 0 Å². The zero-order valence-electron chi connectivity index (χ0n) is 12.8. The molecule has 2 unspecified atom stereocenters. The van der Waals surface area contributed by atoms with Crippen LogP contribution >= 0.6 is 0 Å². The predicted octanol–water partition coefficient (Wildman–Crippen LogP) is 4.48. The predicted molar refractivity (Wildman–Crippen MR) is 81.2 cm³/mol. The average molecular weight is 257 g/mol. The van der Waals surface area contributed by atoms with Crippen molar-refractivity contribution in [1.82, 2.24) is 5.32 Å². The second kappa shape index (κ2) is 4.34. The number of rotatable bonds is 2. The minimum Gasteiger partial charge on any atom is -0.306 e. The highest BCUT2D eigenvalue weighted by atomic mass is 15.0. The van der Waals surface area contributed by atoms with Gasteiger partial charge in [-0.2, -0.15) is 0 Å². The fraction of sp³-hybridized carbons (Fsp3) is 0.667. The Balaban J connectivity index is 1.87. The highest BCUT2D eigenvalue weighted by molar-refractivity contribution is 5.37. The van der Waals surface area contributed by atoms with Crippen LogP contribution in [0.5, 0.6) is 0 Å². The van der Waals surface area contributed by atoms with Crippen molar-refractivity contribution in [3.05, 3.63) is 35.4 Å². The summed E-state index contributed by atoms with van der Waals surface area (Å²) in [4.78, 5) is 0. The van der Waals surface area contributed by atoms with Crippen LogP contribution in [-0.2, 0) is 6.42 Å². The topological polar surface area (TPSA) is 12.0 Å². The average Bonchev–Trinajstić information content (AvgIpc) is 2.78. The summed E-state index contributed by atoms with van der Waals surface area (Å²) < 4.78 is 0. The van der Waals surface area contributed by atoms with Crippen LogP contribution < -0.4 is 5.32 Å². The second-order valence-corrected chi connectivity index (χ2v) is 7.90. The molecule has 0 heterocycles. The molecule has 2 aliphatic carbocycles. The Morgan fingerprint density at radius 3 is 2.47 bits per heavy atom. The molecule has 1 N–H and O–H groups in total. The van der Waals surface area contributed by atoms with Crippen LogP contribution in [0, 0.1) is 10.8 Å². The van der Waals surface area contributed by atoms with E-state index in [9.17, 15) is 0 Å². The molecule has 0 saturated heterocycles. The monoisotopic (exact) mass is 257 g/mol. The van der Waals surface area contributed by atoms with E-state index in [0.29, 0.717) is 22.9 Å². The van der Waals surface area contributed by atoms with Crippen LogP contribution in [0.4, 0.5) is 0 Å². The third-order valence-corrected chi connectivity index (χ3v) is 5.42. The zero-order valence-corrected chi connectivity index (χ0v) is 12.8. The first-order valence-corrected chi connectivity index (χ1v) is 7.74. The number of hydrogen-bond donors (Lipinski definition) is 1. The third-order valence-electron chi connectivity index (χ3n) is 5.42. The van der Waals surface area contributed by atoms with Gasteiger partial charge in [0, 0.05) is 12.1 Å². The van der Waals surface area contributed by atoms with E-state index in [-0.39, 0.29) is 0 Å². The quantitative estimate of drug-likeness (QED) is 0.823. The molecule has 1 heteroatoms. The zero-order chi connectivity index (χ0) is 13.7. The summed E-state index contributed by atoms with van der Waals surface area (Å²) in [5.41, 5.74) is 3.87. The van der Waals surface area contributed by atoms with Crippen molar-refractivity contribution in [2.75, 3.05) is 0 Å². The Morgan fingerprint density at radius 1 is 1.05 bits per heavy atom. The van der Waals surface area contributed by atoms with Crippen LogP contribution in [0.1, 0.15) is 64.1 Å². The lowest BCUT2D eigenvalue weighted by Gasteiger charge is -2.36. The summed E-state index contributed by atoms with van der Waals surface area (Å²) in [6.07, 6.45) is 5.27. The van der Waals surface area contributed by atoms with Crippen LogP contribution in [0.2, 0.25) is 0 Å². The standard InChI is InChI=1S/C18H27N/c1-17(2)11-7-10-15(17)19-16-14-9-6-5-8-13(14)12-18(16,3)4/h5-6,8-9,15-16,19H,7,10-12H2,1-4H3. The number of nitrogens with one attached hydrogen (secondary N) is 1. The Bertz CT molecular complexity index is 472. The minimum atomic E-state index is 0.336. The van der Waals surface area contributed by atoms with Gasteiger partial charge in [0.05, 0.1) is 0 Å². The van der Waals surface area contributed by atoms with Crippen molar-refractivity contribution in [2.24, 2.45) is 10.8 Å². The van der Waals surface area contributed by atoms with Gasteiger partial charge in [-0.25, -0.2) is 0 Å². The highest BCUT2D eigenvalue weighted by Crippen LogP contribution is 2.47. The Morgan fingerprint density at radius 2 is 1.79 bits per heavy atom. The van der Waals surface area contributed by atoms with E-state index in [4.69, 9.17) is 0 Å². The molecule has 1 aromatic rings. The molecule has 0 aromatic heterocycles. The molecule has 3 rings (SSSR count). The maximum Gasteiger partial charge on any atom is 0.0380 e. The van der Waals surface area contributed by atoms with Gasteiger partial charge in [-0.3, -0.25) is 0 Å². The molecular formula is C18H27N. The fourth-order valence-corrected chi connectivity index (χ4v) is 4.14. The lowest BCUT2D eigenvalue weighted by Crippen LogP contribution is -2.43. The smallest absolute Gasteiger partial charge is 0.0380 e. The summed E-state index contributed by atoms with van der Waals surface area (Å²) in [5, 5.41) is 4.01. The molecule has 1 fully saturated rings. The van der Waals surface area contributed by atoms with Crippen molar-refractivity contribution in [3.8, 4) is 0 Å². The molecule has 1 nitrogen and oxygen atoms in total. The fourth-order valence-electron chi connectivity index (χ4n) is 4.14. The van der Waals surface area contributed by atoms with Gasteiger partial charge in [-0.1, -0.05) is 58.4 Å². The summed E-state index contributed by atoms with van der Waals surface area (Å²) in [5.74, 6) is 0. The van der Waals surface area contributed by atoms with Gasteiger partial charge < -0.3 is 5.32 Å². The van der Waals surface area contributed by atoms with Gasteiger partial charge >= 0.3 is 0 Å². The van der Waals surface area contributed by atoms with Gasteiger partial charge in [0.25, 0.3) is 0 Å². The third kappa shape index (κ3) is 2.23. The summed E-state index contributed by atoms with van der Waals surface area (Å²) in [6.45, 7) is 9.66. The minimum absolute atomic E-state index is 0.336. The second-order valence-electron chi connectivity index (χ2n) is 7.90. The molecule has 0 spiro atoms. The van der Waals surface area contributed by atoms with Gasteiger partial charge in [-0.05, 0) is 41.2 Å². The largest absolute Gasteiger partial charge is 0.306 e. The van der Waals surface area contributed by atoms with E-state index in [0.717, 1.165) is 0 Å². The van der Waals surface area contributed by atoms with Gasteiger partial charge in [0.1, 0.15) is 0 Å². The van der Waals surface area contributed by atoms with E-state index < -0.39 is 0 Å². The Kier molecular flexibility index (Phi) is 3.01. The van der Waals surface area contributed by atoms with Crippen molar-refractivity contribution in [3.63, 3.8) is 0 Å². The number of fused-ring (bicyclic) bond motifs is 1. The molecule has 1 aromatic carbocycles. The molecule has 2 atom stereocenters. The summed E-state index contributed by atoms with van der Waals surface area (Å²) >= 11 is 0. The highest BCUT2D eigenvalue weighted by Gasteiger charge is 2.43. The molecular weight excluding hydrogens is 230 g/mol. The van der Waals surface area contributed by atoms with E-state index in [1.807, 2.05) is 0 Å². The molecule has 0 aliphatic heterocycles. The van der Waals surface area contributed by atoms with E-state index in [1.165, 1.54) is 31.2 Å². The SMILES string of the molecule is CC1(C)CCCC1NC1c2ccccc2CC1(C)C. The van der Waals surface area contributed by atoms with Crippen molar-refractivity contribution in [2.45, 2.75) is 65.5 Å². The lowest BCUT2D eigenvalue weighted by atomic mass is 9.82. The molecule has 0 bridgehead atoms.